The number of allylic oxidation sites excluding steroid dienone is 2. The Kier molecular flexibility index (Phi) is 7.17. The first-order valence-electron chi connectivity index (χ1n) is 7.92. The van der Waals surface area contributed by atoms with Crippen molar-refractivity contribution in [3.05, 3.63) is 48.1 Å². The summed E-state index contributed by atoms with van der Waals surface area (Å²) in [6.45, 7) is 0.645. The lowest BCUT2D eigenvalue weighted by molar-refractivity contribution is -0.198. The van der Waals surface area contributed by atoms with E-state index in [-0.39, 0.29) is 12.2 Å². The lowest BCUT2D eigenvalue weighted by Crippen LogP contribution is -2.32. The van der Waals surface area contributed by atoms with Crippen LogP contribution < -0.4 is 10.2 Å². The predicted molar refractivity (Wildman–Crippen MR) is 95.9 cm³/mol. The van der Waals surface area contributed by atoms with Gasteiger partial charge in [0.1, 0.15) is 0 Å². The van der Waals surface area contributed by atoms with Crippen LogP contribution in [0, 0.1) is 0 Å². The quantitative estimate of drug-likeness (QED) is 0.438. The van der Waals surface area contributed by atoms with E-state index >= 15 is 0 Å². The molecule has 0 aromatic heterocycles. The molecule has 136 valence electrons. The first-order valence-corrected chi connectivity index (χ1v) is 9.81. The molecule has 1 unspecified atom stereocenters. The minimum absolute atomic E-state index is 0.383. The maximum atomic E-state index is 11.6. The lowest BCUT2D eigenvalue weighted by atomic mass is 10.2. The first-order chi connectivity index (χ1) is 11.9. The number of rotatable bonds is 7. The van der Waals surface area contributed by atoms with Crippen LogP contribution in [0.1, 0.15) is 24.8 Å². The van der Waals surface area contributed by atoms with Crippen molar-refractivity contribution in [2.45, 2.75) is 25.6 Å². The van der Waals surface area contributed by atoms with Crippen molar-refractivity contribution in [3.8, 4) is 0 Å². The zero-order chi connectivity index (χ0) is 18.1. The van der Waals surface area contributed by atoms with Gasteiger partial charge in [-0.05, 0) is 30.5 Å². The van der Waals surface area contributed by atoms with Crippen molar-refractivity contribution in [3.63, 3.8) is 0 Å². The Morgan fingerprint density at radius 1 is 1.32 bits per heavy atom. The van der Waals surface area contributed by atoms with Gasteiger partial charge in [-0.3, -0.25) is 9.52 Å². The van der Waals surface area contributed by atoms with E-state index < -0.39 is 10.0 Å². The second-order valence-electron chi connectivity index (χ2n) is 5.60. The molecule has 0 saturated carbocycles. The Bertz CT molecular complexity index is 737. The molecule has 0 bridgehead atoms. The second-order valence-corrected chi connectivity index (χ2v) is 7.35. The molecule has 8 heteroatoms. The lowest BCUT2D eigenvalue weighted by Gasteiger charge is -2.21. The molecule has 0 radical (unpaired) electrons. The third-order valence-corrected chi connectivity index (χ3v) is 3.87. The number of hydroxylamine groups is 1. The molecule has 1 amide bonds. The van der Waals surface area contributed by atoms with Crippen LogP contribution in [0.3, 0.4) is 0 Å². The summed E-state index contributed by atoms with van der Waals surface area (Å²) in [7, 11) is -3.31. The number of anilines is 1. The summed E-state index contributed by atoms with van der Waals surface area (Å²) in [6.07, 6.45) is 9.84. The Morgan fingerprint density at radius 2 is 2.16 bits per heavy atom. The van der Waals surface area contributed by atoms with Gasteiger partial charge in [0, 0.05) is 24.8 Å². The van der Waals surface area contributed by atoms with Crippen molar-refractivity contribution in [2.75, 3.05) is 17.6 Å². The molecule has 25 heavy (non-hydrogen) atoms. The van der Waals surface area contributed by atoms with Crippen molar-refractivity contribution in [1.82, 2.24) is 5.48 Å². The van der Waals surface area contributed by atoms with Crippen LogP contribution in [0.2, 0.25) is 0 Å². The Morgan fingerprint density at radius 3 is 2.88 bits per heavy atom. The van der Waals surface area contributed by atoms with Crippen molar-refractivity contribution < 1.29 is 22.8 Å². The minimum Gasteiger partial charge on any atom is -0.350 e. The fourth-order valence-corrected chi connectivity index (χ4v) is 2.75. The van der Waals surface area contributed by atoms with E-state index in [0.29, 0.717) is 12.3 Å². The highest BCUT2D eigenvalue weighted by atomic mass is 32.2. The second kappa shape index (κ2) is 9.36. The molecule has 1 aromatic rings. The average Bonchev–Trinajstić information content (AvgIpc) is 2.57. The Hall–Kier alpha value is -2.16. The SMILES string of the molecule is CS(=O)(=O)Nc1cccc(/C=C/C=C/C(=O)NOC2CCCCO2)c1. The molecule has 1 aliphatic rings. The van der Waals surface area contributed by atoms with Crippen LogP contribution in [-0.4, -0.2) is 33.5 Å². The molecular formula is C17H22N2O5S. The molecule has 1 heterocycles. The summed E-state index contributed by atoms with van der Waals surface area (Å²) < 4.78 is 30.2. The topological polar surface area (TPSA) is 93.7 Å². The molecule has 2 rings (SSSR count). The number of sulfonamides is 1. The summed E-state index contributed by atoms with van der Waals surface area (Å²) in [5.74, 6) is -0.383. The third-order valence-electron chi connectivity index (χ3n) is 3.27. The average molecular weight is 366 g/mol. The van der Waals surface area contributed by atoms with Gasteiger partial charge in [0.05, 0.1) is 6.26 Å². The molecule has 1 fully saturated rings. The zero-order valence-corrected chi connectivity index (χ0v) is 14.8. The van der Waals surface area contributed by atoms with E-state index in [4.69, 9.17) is 9.57 Å². The number of hydrogen-bond acceptors (Lipinski definition) is 5. The van der Waals surface area contributed by atoms with E-state index in [1.165, 1.54) is 6.08 Å². The van der Waals surface area contributed by atoms with Crippen LogP contribution in [-0.2, 0) is 24.4 Å². The Balaban J connectivity index is 1.80. The standard InChI is InChI=1S/C17H22N2O5S/c1-25(21,22)19-15-9-6-8-14(13-15)7-2-3-10-16(20)18-24-17-11-4-5-12-23-17/h2-3,6-10,13,17,19H,4-5,11-12H2,1H3,(H,18,20)/b7-2+,10-3+. The molecule has 0 spiro atoms. The summed E-state index contributed by atoms with van der Waals surface area (Å²) in [6, 6.07) is 6.91. The number of carbonyl (C=O) groups excluding carboxylic acids is 1. The van der Waals surface area contributed by atoms with Crippen LogP contribution in [0.4, 0.5) is 5.69 Å². The highest BCUT2D eigenvalue weighted by Crippen LogP contribution is 2.13. The molecule has 0 aliphatic carbocycles. The van der Waals surface area contributed by atoms with Crippen LogP contribution in [0.15, 0.2) is 42.5 Å². The van der Waals surface area contributed by atoms with Crippen LogP contribution in [0.25, 0.3) is 6.08 Å². The number of benzene rings is 1. The van der Waals surface area contributed by atoms with E-state index in [9.17, 15) is 13.2 Å². The maximum absolute atomic E-state index is 11.6. The molecule has 1 aromatic carbocycles. The van der Waals surface area contributed by atoms with Crippen molar-refractivity contribution in [1.29, 1.82) is 0 Å². The smallest absolute Gasteiger partial charge is 0.267 e. The summed E-state index contributed by atoms with van der Waals surface area (Å²) >= 11 is 0. The van der Waals surface area contributed by atoms with Gasteiger partial charge in [-0.15, -0.1) is 0 Å². The minimum atomic E-state index is -3.31. The maximum Gasteiger partial charge on any atom is 0.267 e. The highest BCUT2D eigenvalue weighted by Gasteiger charge is 2.14. The fourth-order valence-electron chi connectivity index (χ4n) is 2.19. The van der Waals surface area contributed by atoms with Gasteiger partial charge in [-0.1, -0.05) is 30.4 Å². The molecule has 1 atom stereocenters. The van der Waals surface area contributed by atoms with Gasteiger partial charge in [0.2, 0.25) is 10.0 Å². The van der Waals surface area contributed by atoms with Crippen LogP contribution >= 0.6 is 0 Å². The number of hydrogen-bond donors (Lipinski definition) is 2. The van der Waals surface area contributed by atoms with Crippen molar-refractivity contribution in [2.24, 2.45) is 0 Å². The fraction of sp³-hybridized carbons (Fsp3) is 0.353. The summed E-state index contributed by atoms with van der Waals surface area (Å²) in [5.41, 5.74) is 3.60. The molecule has 1 aliphatic heterocycles. The molecule has 2 N–H and O–H groups in total. The first kappa shape index (κ1) is 19.2. The predicted octanol–water partition coefficient (Wildman–Crippen LogP) is 2.20. The monoisotopic (exact) mass is 366 g/mol. The zero-order valence-electron chi connectivity index (χ0n) is 14.0. The number of nitrogens with one attached hydrogen (secondary N) is 2. The summed E-state index contributed by atoms with van der Waals surface area (Å²) in [4.78, 5) is 16.8. The van der Waals surface area contributed by atoms with Gasteiger partial charge >= 0.3 is 0 Å². The van der Waals surface area contributed by atoms with E-state index in [1.807, 2.05) is 6.07 Å². The van der Waals surface area contributed by atoms with Gasteiger partial charge < -0.3 is 4.74 Å². The molecular weight excluding hydrogens is 344 g/mol. The normalized spacial score (nSPS) is 18.5. The number of carbonyl (C=O) groups is 1. The van der Waals surface area contributed by atoms with E-state index in [1.54, 1.807) is 36.4 Å². The highest BCUT2D eigenvalue weighted by molar-refractivity contribution is 7.92. The molecule has 1 saturated heterocycles. The number of ether oxygens (including phenoxy) is 1. The third kappa shape index (κ3) is 7.97. The van der Waals surface area contributed by atoms with Crippen LogP contribution in [0.5, 0.6) is 0 Å². The number of amides is 1. The van der Waals surface area contributed by atoms with E-state index in [0.717, 1.165) is 31.1 Å². The Labute approximate surface area is 147 Å². The largest absolute Gasteiger partial charge is 0.350 e. The van der Waals surface area contributed by atoms with Gasteiger partial charge in [-0.25, -0.2) is 18.7 Å². The van der Waals surface area contributed by atoms with Gasteiger partial charge in [0.25, 0.3) is 5.91 Å². The molecule has 7 nitrogen and oxygen atoms in total. The van der Waals surface area contributed by atoms with Crippen molar-refractivity contribution >= 4 is 27.7 Å². The van der Waals surface area contributed by atoms with E-state index in [2.05, 4.69) is 10.2 Å². The van der Waals surface area contributed by atoms with Gasteiger partial charge in [-0.2, -0.15) is 0 Å². The van der Waals surface area contributed by atoms with Gasteiger partial charge in [0.15, 0.2) is 6.29 Å². The summed E-state index contributed by atoms with van der Waals surface area (Å²) in [5, 5.41) is 0.